The van der Waals surface area contributed by atoms with Gasteiger partial charge in [0.25, 0.3) is 0 Å². The summed E-state index contributed by atoms with van der Waals surface area (Å²) < 4.78 is 5.81. The molecular formula is C17H25N3O2. The zero-order valence-electron chi connectivity index (χ0n) is 13.5. The van der Waals surface area contributed by atoms with Gasteiger partial charge in [-0.05, 0) is 25.2 Å². The Balaban J connectivity index is 1.40. The minimum absolute atomic E-state index is 0.257. The van der Waals surface area contributed by atoms with Crippen LogP contribution in [0.5, 0.6) is 0 Å². The molecule has 0 unspecified atom stereocenters. The lowest BCUT2D eigenvalue weighted by Gasteiger charge is -2.31. The number of hydrogen-bond acceptors (Lipinski definition) is 4. The van der Waals surface area contributed by atoms with Crippen molar-refractivity contribution in [1.82, 2.24) is 14.8 Å². The number of aromatic nitrogens is 1. The molecule has 2 fully saturated rings. The van der Waals surface area contributed by atoms with Crippen LogP contribution in [0, 0.1) is 5.92 Å². The molecule has 1 aliphatic carbocycles. The molecular weight excluding hydrogens is 278 g/mol. The second-order valence-electron chi connectivity index (χ2n) is 7.40. The minimum atomic E-state index is 0.257. The number of likely N-dealkylation sites (tertiary alicyclic amines) is 1. The highest BCUT2D eigenvalue weighted by atomic mass is 16.4. The van der Waals surface area contributed by atoms with Crippen molar-refractivity contribution in [3.8, 4) is 0 Å². The Bertz CT molecular complexity index is 580. The topological polar surface area (TPSA) is 49.6 Å². The Morgan fingerprint density at radius 2 is 2.27 bits per heavy atom. The van der Waals surface area contributed by atoms with E-state index in [0.29, 0.717) is 25.0 Å². The fourth-order valence-corrected chi connectivity index (χ4v) is 4.17. The lowest BCUT2D eigenvalue weighted by molar-refractivity contribution is -0.133. The third-order valence-corrected chi connectivity index (χ3v) is 5.45. The van der Waals surface area contributed by atoms with E-state index in [2.05, 4.69) is 23.7 Å². The zero-order chi connectivity index (χ0) is 15.3. The normalized spacial score (nSPS) is 27.7. The molecule has 1 amide bonds. The van der Waals surface area contributed by atoms with E-state index in [0.717, 1.165) is 42.8 Å². The van der Waals surface area contributed by atoms with Gasteiger partial charge in [-0.1, -0.05) is 13.8 Å². The molecule has 1 saturated heterocycles. The molecule has 5 heteroatoms. The number of amides is 1. The second-order valence-corrected chi connectivity index (χ2v) is 7.40. The van der Waals surface area contributed by atoms with E-state index in [1.165, 1.54) is 19.3 Å². The molecule has 2 bridgehead atoms. The Morgan fingerprint density at radius 3 is 2.95 bits per heavy atom. The molecule has 2 atom stereocenters. The lowest BCUT2D eigenvalue weighted by Crippen LogP contribution is -2.44. The van der Waals surface area contributed by atoms with Gasteiger partial charge in [0.15, 0.2) is 5.89 Å². The average Bonchev–Trinajstić information content (AvgIpc) is 3.20. The smallest absolute Gasteiger partial charge is 0.237 e. The van der Waals surface area contributed by atoms with Gasteiger partial charge >= 0.3 is 0 Å². The Kier molecular flexibility index (Phi) is 3.48. The maximum Gasteiger partial charge on any atom is 0.237 e. The first-order valence-electron chi connectivity index (χ1n) is 8.60. The summed E-state index contributed by atoms with van der Waals surface area (Å²) in [5, 5.41) is 0. The molecule has 0 radical (unpaired) electrons. The number of piperidine rings is 1. The Labute approximate surface area is 131 Å². The minimum Gasteiger partial charge on any atom is -0.445 e. The van der Waals surface area contributed by atoms with Crippen LogP contribution < -0.4 is 0 Å². The maximum absolute atomic E-state index is 12.6. The fraction of sp³-hybridized carbons (Fsp3) is 0.765. The fourth-order valence-electron chi connectivity index (χ4n) is 4.17. The maximum atomic E-state index is 12.6. The van der Waals surface area contributed by atoms with E-state index in [1.807, 2.05) is 4.90 Å². The van der Waals surface area contributed by atoms with Crippen LogP contribution >= 0.6 is 0 Å². The van der Waals surface area contributed by atoms with Crippen molar-refractivity contribution in [1.29, 1.82) is 0 Å². The van der Waals surface area contributed by atoms with E-state index in [4.69, 9.17) is 4.42 Å². The first kappa shape index (κ1) is 14.2. The van der Waals surface area contributed by atoms with Gasteiger partial charge in [-0.25, -0.2) is 4.98 Å². The monoisotopic (exact) mass is 303 g/mol. The number of hydrogen-bond donors (Lipinski definition) is 0. The first-order valence-corrected chi connectivity index (χ1v) is 8.60. The Morgan fingerprint density at radius 1 is 1.41 bits per heavy atom. The number of carbonyl (C=O) groups excluding carboxylic acids is 1. The highest BCUT2D eigenvalue weighted by molar-refractivity contribution is 5.78. The molecule has 1 saturated carbocycles. The molecule has 5 nitrogen and oxygen atoms in total. The summed E-state index contributed by atoms with van der Waals surface area (Å²) in [6.07, 6.45) is 4.74. The SMILES string of the molecule is CC(C)c1nc2c(o1)CCN(C(=O)CN1C[C@@H]3CC[C@H]1C3)C2. The highest BCUT2D eigenvalue weighted by Crippen LogP contribution is 2.37. The van der Waals surface area contributed by atoms with Gasteiger partial charge in [-0.15, -0.1) is 0 Å². The molecule has 3 aliphatic rings. The van der Waals surface area contributed by atoms with Gasteiger partial charge in [0, 0.05) is 31.5 Å². The predicted molar refractivity (Wildman–Crippen MR) is 82.4 cm³/mol. The predicted octanol–water partition coefficient (Wildman–Crippen LogP) is 2.17. The van der Waals surface area contributed by atoms with Gasteiger partial charge in [-0.2, -0.15) is 0 Å². The molecule has 0 N–H and O–H groups in total. The second kappa shape index (κ2) is 5.37. The van der Waals surface area contributed by atoms with Crippen LogP contribution in [0.25, 0.3) is 0 Å². The van der Waals surface area contributed by atoms with E-state index in [-0.39, 0.29) is 5.91 Å². The number of rotatable bonds is 3. The van der Waals surface area contributed by atoms with Gasteiger partial charge in [-0.3, -0.25) is 9.69 Å². The standard InChI is InChI=1S/C17H25N3O2/c1-11(2)17-18-14-9-19(6-5-15(14)22-17)16(21)10-20-8-12-3-4-13(20)7-12/h11-13H,3-10H2,1-2H3/t12-,13+/m1/s1. The number of oxazole rings is 1. The van der Waals surface area contributed by atoms with Crippen molar-refractivity contribution in [3.05, 3.63) is 17.3 Å². The van der Waals surface area contributed by atoms with Crippen LogP contribution in [0.4, 0.5) is 0 Å². The molecule has 120 valence electrons. The molecule has 0 aromatic carbocycles. The van der Waals surface area contributed by atoms with Crippen molar-refractivity contribution in [2.45, 2.75) is 58.0 Å². The number of nitrogens with zero attached hydrogens (tertiary/aromatic N) is 3. The number of carbonyl (C=O) groups is 1. The van der Waals surface area contributed by atoms with E-state index in [9.17, 15) is 4.79 Å². The van der Waals surface area contributed by atoms with Crippen LogP contribution in [0.15, 0.2) is 4.42 Å². The summed E-state index contributed by atoms with van der Waals surface area (Å²) >= 11 is 0. The van der Waals surface area contributed by atoms with Crippen LogP contribution in [-0.2, 0) is 17.8 Å². The number of fused-ring (bicyclic) bond motifs is 3. The molecule has 22 heavy (non-hydrogen) atoms. The molecule has 2 aliphatic heterocycles. The summed E-state index contributed by atoms with van der Waals surface area (Å²) in [7, 11) is 0. The van der Waals surface area contributed by atoms with Crippen LogP contribution in [0.2, 0.25) is 0 Å². The van der Waals surface area contributed by atoms with Crippen molar-refractivity contribution >= 4 is 5.91 Å². The van der Waals surface area contributed by atoms with Gasteiger partial charge < -0.3 is 9.32 Å². The van der Waals surface area contributed by atoms with E-state index < -0.39 is 0 Å². The first-order chi connectivity index (χ1) is 10.6. The molecule has 0 spiro atoms. The molecule has 4 rings (SSSR count). The molecule has 3 heterocycles. The average molecular weight is 303 g/mol. The molecule has 1 aromatic rings. The summed E-state index contributed by atoms with van der Waals surface area (Å²) in [5.41, 5.74) is 0.964. The summed E-state index contributed by atoms with van der Waals surface area (Å²) in [6, 6.07) is 0.661. The third kappa shape index (κ3) is 2.45. The van der Waals surface area contributed by atoms with Crippen molar-refractivity contribution in [3.63, 3.8) is 0 Å². The van der Waals surface area contributed by atoms with Crippen molar-refractivity contribution in [2.75, 3.05) is 19.6 Å². The summed E-state index contributed by atoms with van der Waals surface area (Å²) in [5.74, 6) is 3.18. The largest absolute Gasteiger partial charge is 0.445 e. The van der Waals surface area contributed by atoms with Gasteiger partial charge in [0.1, 0.15) is 11.5 Å². The Hall–Kier alpha value is -1.36. The van der Waals surface area contributed by atoms with Crippen LogP contribution in [0.1, 0.15) is 56.4 Å². The van der Waals surface area contributed by atoms with Gasteiger partial charge in [0.2, 0.25) is 5.91 Å². The summed E-state index contributed by atoms with van der Waals surface area (Å²) in [6.45, 7) is 7.26. The van der Waals surface area contributed by atoms with Crippen LogP contribution in [-0.4, -0.2) is 46.4 Å². The van der Waals surface area contributed by atoms with Crippen molar-refractivity contribution in [2.24, 2.45) is 5.92 Å². The van der Waals surface area contributed by atoms with Crippen LogP contribution in [0.3, 0.4) is 0 Å². The zero-order valence-corrected chi connectivity index (χ0v) is 13.5. The summed E-state index contributed by atoms with van der Waals surface area (Å²) in [4.78, 5) is 21.5. The van der Waals surface area contributed by atoms with Gasteiger partial charge in [0.05, 0.1) is 13.1 Å². The third-order valence-electron chi connectivity index (χ3n) is 5.45. The molecule has 1 aromatic heterocycles. The van der Waals surface area contributed by atoms with E-state index in [1.54, 1.807) is 0 Å². The lowest BCUT2D eigenvalue weighted by atomic mass is 10.1. The van der Waals surface area contributed by atoms with E-state index >= 15 is 0 Å². The highest BCUT2D eigenvalue weighted by Gasteiger charge is 2.39. The van der Waals surface area contributed by atoms with Crippen molar-refractivity contribution < 1.29 is 9.21 Å². The quantitative estimate of drug-likeness (QED) is 0.858.